The van der Waals surface area contributed by atoms with Gasteiger partial charge in [-0.25, -0.2) is 4.79 Å². The average Bonchev–Trinajstić information content (AvgIpc) is 2.57. The van der Waals surface area contributed by atoms with Crippen molar-refractivity contribution in [3.8, 4) is 0 Å². The quantitative estimate of drug-likeness (QED) is 0.785. The molecular weight excluding hydrogens is 262 g/mol. The number of rotatable bonds is 4. The smallest absolute Gasteiger partial charge is 0.336 e. The van der Waals surface area contributed by atoms with Gasteiger partial charge < -0.3 is 14.7 Å². The molecule has 20 heavy (non-hydrogen) atoms. The lowest BCUT2D eigenvalue weighted by Gasteiger charge is -2.17. The van der Waals surface area contributed by atoms with Crippen molar-refractivity contribution in [3.05, 3.63) is 11.3 Å². The van der Waals surface area contributed by atoms with Crippen LogP contribution >= 0.6 is 0 Å². The molecule has 2 aliphatic heterocycles. The summed E-state index contributed by atoms with van der Waals surface area (Å²) in [6.45, 7) is 2.47. The van der Waals surface area contributed by atoms with Crippen LogP contribution < -0.4 is 0 Å². The van der Waals surface area contributed by atoms with Crippen molar-refractivity contribution in [1.29, 1.82) is 0 Å². The number of allylic oxidation sites excluding steroid dienone is 1. The fraction of sp³-hybridized carbons (Fsp3) is 0.643. The molecule has 2 rings (SSSR count). The Bertz CT molecular complexity index is 468. The molecule has 1 unspecified atom stereocenters. The highest BCUT2D eigenvalue weighted by atomic mass is 16.5. The number of carbonyl (C=O) groups excluding carboxylic acids is 2. The fourth-order valence-electron chi connectivity index (χ4n) is 2.88. The predicted octanol–water partition coefficient (Wildman–Crippen LogP) is 1.31. The normalized spacial score (nSPS) is 22.6. The summed E-state index contributed by atoms with van der Waals surface area (Å²) in [5.41, 5.74) is 0.943. The summed E-state index contributed by atoms with van der Waals surface area (Å²) in [5.74, 6) is -2.79. The van der Waals surface area contributed by atoms with Gasteiger partial charge in [0.1, 0.15) is 0 Å². The SMILES string of the molecule is CCOC(=O)C1=C2CCCCCN2C(=O)C1CC(=O)O. The Morgan fingerprint density at radius 2 is 2.10 bits per heavy atom. The summed E-state index contributed by atoms with van der Waals surface area (Å²) in [4.78, 5) is 37.0. The van der Waals surface area contributed by atoms with Gasteiger partial charge in [-0.3, -0.25) is 9.59 Å². The zero-order valence-electron chi connectivity index (χ0n) is 11.6. The molecule has 0 radical (unpaired) electrons. The van der Waals surface area contributed by atoms with Crippen LogP contribution in [0.1, 0.15) is 39.0 Å². The molecule has 1 atom stereocenters. The third-order valence-corrected chi connectivity index (χ3v) is 3.72. The Balaban J connectivity index is 2.38. The van der Waals surface area contributed by atoms with Crippen molar-refractivity contribution < 1.29 is 24.2 Å². The van der Waals surface area contributed by atoms with Crippen molar-refractivity contribution >= 4 is 17.8 Å². The number of hydrogen-bond donors (Lipinski definition) is 1. The van der Waals surface area contributed by atoms with E-state index >= 15 is 0 Å². The summed E-state index contributed by atoms with van der Waals surface area (Å²) in [5, 5.41) is 8.96. The molecule has 2 heterocycles. The van der Waals surface area contributed by atoms with Gasteiger partial charge in [0.15, 0.2) is 0 Å². The van der Waals surface area contributed by atoms with Crippen molar-refractivity contribution in [2.75, 3.05) is 13.2 Å². The number of carbonyl (C=O) groups is 3. The van der Waals surface area contributed by atoms with Crippen LogP contribution in [0.4, 0.5) is 0 Å². The Morgan fingerprint density at radius 3 is 2.75 bits per heavy atom. The Kier molecular flexibility index (Phi) is 4.42. The summed E-state index contributed by atoms with van der Waals surface area (Å²) in [6, 6.07) is 0. The van der Waals surface area contributed by atoms with E-state index in [4.69, 9.17) is 9.84 Å². The van der Waals surface area contributed by atoms with Gasteiger partial charge in [0, 0.05) is 12.2 Å². The summed E-state index contributed by atoms with van der Waals surface area (Å²) < 4.78 is 5.01. The highest BCUT2D eigenvalue weighted by Crippen LogP contribution is 2.37. The van der Waals surface area contributed by atoms with Crippen LogP contribution in [0, 0.1) is 5.92 Å². The highest BCUT2D eigenvalue weighted by molar-refractivity contribution is 6.03. The molecular formula is C14H19NO5. The molecule has 0 saturated carbocycles. The van der Waals surface area contributed by atoms with Crippen LogP contribution in [-0.4, -0.2) is 41.0 Å². The minimum absolute atomic E-state index is 0.212. The number of carboxylic acids is 1. The molecule has 1 fully saturated rings. The number of aliphatic carboxylic acids is 1. The monoisotopic (exact) mass is 281 g/mol. The molecule has 0 aliphatic carbocycles. The molecule has 1 saturated heterocycles. The minimum atomic E-state index is -1.08. The van der Waals surface area contributed by atoms with Gasteiger partial charge in [-0.2, -0.15) is 0 Å². The fourth-order valence-corrected chi connectivity index (χ4v) is 2.88. The molecule has 6 heteroatoms. The first-order valence-corrected chi connectivity index (χ1v) is 6.99. The molecule has 0 bridgehead atoms. The van der Waals surface area contributed by atoms with Gasteiger partial charge >= 0.3 is 11.9 Å². The largest absolute Gasteiger partial charge is 0.481 e. The molecule has 0 aromatic rings. The van der Waals surface area contributed by atoms with Crippen molar-refractivity contribution in [1.82, 2.24) is 4.90 Å². The van der Waals surface area contributed by atoms with Crippen LogP contribution in [0.3, 0.4) is 0 Å². The minimum Gasteiger partial charge on any atom is -0.481 e. The van der Waals surface area contributed by atoms with E-state index in [1.54, 1.807) is 11.8 Å². The van der Waals surface area contributed by atoms with Crippen molar-refractivity contribution in [2.45, 2.75) is 39.0 Å². The number of fused-ring (bicyclic) bond motifs is 1. The lowest BCUT2D eigenvalue weighted by atomic mass is 9.95. The predicted molar refractivity (Wildman–Crippen MR) is 69.6 cm³/mol. The first-order chi connectivity index (χ1) is 9.56. The second kappa shape index (κ2) is 6.07. The molecule has 110 valence electrons. The van der Waals surface area contributed by atoms with E-state index in [9.17, 15) is 14.4 Å². The second-order valence-corrected chi connectivity index (χ2v) is 5.03. The van der Waals surface area contributed by atoms with E-state index in [1.165, 1.54) is 0 Å². The van der Waals surface area contributed by atoms with Gasteiger partial charge in [-0.1, -0.05) is 6.42 Å². The number of carboxylic acid groups (broad SMARTS) is 1. The van der Waals surface area contributed by atoms with E-state index in [0.717, 1.165) is 19.3 Å². The van der Waals surface area contributed by atoms with Crippen LogP contribution in [-0.2, 0) is 19.1 Å². The Hall–Kier alpha value is -1.85. The van der Waals surface area contributed by atoms with Gasteiger partial charge in [-0.05, 0) is 26.2 Å². The first kappa shape index (κ1) is 14.6. The van der Waals surface area contributed by atoms with Crippen LogP contribution in [0.5, 0.6) is 0 Å². The molecule has 2 aliphatic rings. The van der Waals surface area contributed by atoms with Crippen LogP contribution in [0.25, 0.3) is 0 Å². The maximum Gasteiger partial charge on any atom is 0.336 e. The zero-order chi connectivity index (χ0) is 14.7. The van der Waals surface area contributed by atoms with Gasteiger partial charge in [0.05, 0.1) is 24.5 Å². The topological polar surface area (TPSA) is 83.9 Å². The molecule has 1 amide bonds. The van der Waals surface area contributed by atoms with Crippen molar-refractivity contribution in [3.63, 3.8) is 0 Å². The van der Waals surface area contributed by atoms with E-state index in [0.29, 0.717) is 18.7 Å². The van der Waals surface area contributed by atoms with Crippen molar-refractivity contribution in [2.24, 2.45) is 5.92 Å². The van der Waals surface area contributed by atoms with E-state index in [1.807, 2.05) is 0 Å². The number of ether oxygens (including phenoxy) is 1. The van der Waals surface area contributed by atoms with Gasteiger partial charge in [0.25, 0.3) is 0 Å². The van der Waals surface area contributed by atoms with Crippen LogP contribution in [0.2, 0.25) is 0 Å². The van der Waals surface area contributed by atoms with E-state index in [2.05, 4.69) is 0 Å². The number of hydrogen-bond acceptors (Lipinski definition) is 4. The standard InChI is InChI=1S/C14H19NO5/c1-2-20-14(19)12-9(8-11(16)17)13(18)15-7-5-3-4-6-10(12)15/h9H,2-8H2,1H3,(H,16,17). The number of nitrogens with zero attached hydrogens (tertiary/aromatic N) is 1. The van der Waals surface area contributed by atoms with Gasteiger partial charge in [-0.15, -0.1) is 0 Å². The van der Waals surface area contributed by atoms with E-state index < -0.39 is 17.9 Å². The summed E-state index contributed by atoms with van der Waals surface area (Å²) in [6.07, 6.45) is 3.07. The first-order valence-electron chi connectivity index (χ1n) is 6.99. The maximum absolute atomic E-state index is 12.4. The molecule has 0 spiro atoms. The third kappa shape index (κ3) is 2.69. The summed E-state index contributed by atoms with van der Waals surface area (Å²) >= 11 is 0. The lowest BCUT2D eigenvalue weighted by Crippen LogP contribution is -2.30. The maximum atomic E-state index is 12.4. The number of esters is 1. The van der Waals surface area contributed by atoms with Crippen LogP contribution in [0.15, 0.2) is 11.3 Å². The number of amides is 1. The molecule has 0 aromatic heterocycles. The molecule has 6 nitrogen and oxygen atoms in total. The second-order valence-electron chi connectivity index (χ2n) is 5.03. The average molecular weight is 281 g/mol. The Morgan fingerprint density at radius 1 is 1.35 bits per heavy atom. The zero-order valence-corrected chi connectivity index (χ0v) is 11.6. The van der Waals surface area contributed by atoms with E-state index in [-0.39, 0.29) is 24.5 Å². The summed E-state index contributed by atoms with van der Waals surface area (Å²) in [7, 11) is 0. The molecule has 1 N–H and O–H groups in total. The molecule has 0 aromatic carbocycles. The highest BCUT2D eigenvalue weighted by Gasteiger charge is 2.44. The lowest BCUT2D eigenvalue weighted by molar-refractivity contribution is -0.143. The van der Waals surface area contributed by atoms with Gasteiger partial charge in [0.2, 0.25) is 5.91 Å². The third-order valence-electron chi connectivity index (χ3n) is 3.72. The Labute approximate surface area is 117 Å².